The highest BCUT2D eigenvalue weighted by molar-refractivity contribution is 5.89. The van der Waals surface area contributed by atoms with Crippen LogP contribution in [0.2, 0.25) is 0 Å². The van der Waals surface area contributed by atoms with Gasteiger partial charge in [0.25, 0.3) is 0 Å². The number of amides is 2. The monoisotopic (exact) mass is 428 g/mol. The molecule has 1 aromatic carbocycles. The Hall–Kier alpha value is -3.41. The van der Waals surface area contributed by atoms with Crippen LogP contribution < -0.4 is 5.32 Å². The molecule has 2 amide bonds. The predicted octanol–water partition coefficient (Wildman–Crippen LogP) is 3.39. The molecule has 3 heterocycles. The van der Waals surface area contributed by atoms with Gasteiger partial charge in [-0.3, -0.25) is 14.6 Å². The minimum atomic E-state index is -0.319. The number of nitrogens with zero attached hydrogens (tertiary/aromatic N) is 2. The van der Waals surface area contributed by atoms with Crippen LogP contribution in [-0.4, -0.2) is 39.8 Å². The third-order valence-corrected chi connectivity index (χ3v) is 6.69. The summed E-state index contributed by atoms with van der Waals surface area (Å²) in [5.74, 6) is -0.573. The highest BCUT2D eigenvalue weighted by atomic mass is 16.2. The van der Waals surface area contributed by atoms with E-state index in [2.05, 4.69) is 33.5 Å². The van der Waals surface area contributed by atoms with Gasteiger partial charge in [0, 0.05) is 48.0 Å². The molecule has 0 saturated carbocycles. The Morgan fingerprint density at radius 1 is 1.06 bits per heavy atom. The van der Waals surface area contributed by atoms with Gasteiger partial charge in [0.1, 0.15) is 0 Å². The van der Waals surface area contributed by atoms with Gasteiger partial charge >= 0.3 is 0 Å². The first-order valence-corrected chi connectivity index (χ1v) is 11.4. The lowest BCUT2D eigenvalue weighted by molar-refractivity contribution is -0.142. The lowest BCUT2D eigenvalue weighted by Crippen LogP contribution is -2.46. The van der Waals surface area contributed by atoms with Gasteiger partial charge in [0.2, 0.25) is 11.8 Å². The molecule has 32 heavy (non-hydrogen) atoms. The van der Waals surface area contributed by atoms with Crippen molar-refractivity contribution in [2.45, 2.75) is 32.2 Å². The number of carbonyl (C=O) groups is 2. The lowest BCUT2D eigenvalue weighted by Gasteiger charge is -2.34. The van der Waals surface area contributed by atoms with E-state index in [9.17, 15) is 9.59 Å². The molecule has 5 rings (SSSR count). The quantitative estimate of drug-likeness (QED) is 0.612. The smallest absolute Gasteiger partial charge is 0.227 e. The first kappa shape index (κ1) is 20.5. The summed E-state index contributed by atoms with van der Waals surface area (Å²) >= 11 is 0. The minimum absolute atomic E-state index is 0.0352. The molecular formula is C26H28N4O2. The van der Waals surface area contributed by atoms with Crippen molar-refractivity contribution >= 4 is 22.7 Å². The lowest BCUT2D eigenvalue weighted by atomic mass is 9.81. The van der Waals surface area contributed by atoms with E-state index in [4.69, 9.17) is 0 Å². The van der Waals surface area contributed by atoms with Crippen LogP contribution in [0.5, 0.6) is 0 Å². The SMILES string of the molecule is O=C(NCCc1ccccn1)C1CC=CCC1C(=O)N1CCc2c([nH]c3ccccc23)C1. The Bertz CT molecular complexity index is 1150. The van der Waals surface area contributed by atoms with Crippen LogP contribution in [0.4, 0.5) is 0 Å². The molecule has 6 nitrogen and oxygen atoms in total. The summed E-state index contributed by atoms with van der Waals surface area (Å²) in [7, 11) is 0. The minimum Gasteiger partial charge on any atom is -0.357 e. The van der Waals surface area contributed by atoms with Crippen LogP contribution in [0.1, 0.15) is 29.8 Å². The molecule has 2 aliphatic rings. The highest BCUT2D eigenvalue weighted by Gasteiger charge is 2.37. The number of rotatable bonds is 5. The van der Waals surface area contributed by atoms with Gasteiger partial charge in [-0.2, -0.15) is 0 Å². The Morgan fingerprint density at radius 2 is 1.88 bits per heavy atom. The second-order valence-electron chi connectivity index (χ2n) is 8.66. The summed E-state index contributed by atoms with van der Waals surface area (Å²) in [6.07, 6.45) is 8.58. The van der Waals surface area contributed by atoms with Crippen LogP contribution in [0.15, 0.2) is 60.8 Å². The van der Waals surface area contributed by atoms with E-state index < -0.39 is 0 Å². The summed E-state index contributed by atoms with van der Waals surface area (Å²) in [4.78, 5) is 36.2. The van der Waals surface area contributed by atoms with Gasteiger partial charge in [-0.15, -0.1) is 0 Å². The first-order valence-electron chi connectivity index (χ1n) is 11.4. The molecule has 1 aliphatic carbocycles. The van der Waals surface area contributed by atoms with Crippen molar-refractivity contribution in [1.29, 1.82) is 0 Å². The molecule has 0 saturated heterocycles. The molecule has 0 bridgehead atoms. The summed E-state index contributed by atoms with van der Waals surface area (Å²) < 4.78 is 0. The molecule has 0 radical (unpaired) electrons. The predicted molar refractivity (Wildman–Crippen MR) is 124 cm³/mol. The third kappa shape index (κ3) is 4.05. The number of H-pyrrole nitrogens is 1. The van der Waals surface area contributed by atoms with Gasteiger partial charge in [-0.1, -0.05) is 36.4 Å². The Balaban J connectivity index is 1.24. The number of allylic oxidation sites excluding steroid dienone is 2. The van der Waals surface area contributed by atoms with Crippen molar-refractivity contribution in [3.63, 3.8) is 0 Å². The number of para-hydroxylation sites is 1. The molecule has 0 fully saturated rings. The zero-order valence-corrected chi connectivity index (χ0v) is 18.1. The number of nitrogens with one attached hydrogen (secondary N) is 2. The summed E-state index contributed by atoms with van der Waals surface area (Å²) in [5, 5.41) is 4.28. The average Bonchev–Trinajstić information content (AvgIpc) is 3.22. The van der Waals surface area contributed by atoms with Crippen LogP contribution in [-0.2, 0) is 29.0 Å². The first-order chi connectivity index (χ1) is 15.7. The number of aromatic amines is 1. The Labute approximate surface area is 187 Å². The molecule has 2 N–H and O–H groups in total. The van der Waals surface area contributed by atoms with Gasteiger partial charge in [-0.25, -0.2) is 0 Å². The average molecular weight is 429 g/mol. The Morgan fingerprint density at radius 3 is 2.72 bits per heavy atom. The maximum Gasteiger partial charge on any atom is 0.227 e. The number of hydrogen-bond acceptors (Lipinski definition) is 3. The summed E-state index contributed by atoms with van der Waals surface area (Å²) in [5.41, 5.74) is 4.51. The van der Waals surface area contributed by atoms with Gasteiger partial charge in [0.15, 0.2) is 0 Å². The fourth-order valence-corrected chi connectivity index (χ4v) is 4.98. The molecule has 2 aromatic heterocycles. The molecule has 6 heteroatoms. The number of pyridine rings is 1. The molecule has 0 spiro atoms. The summed E-state index contributed by atoms with van der Waals surface area (Å²) in [6.45, 7) is 1.80. The van der Waals surface area contributed by atoms with Crippen molar-refractivity contribution in [3.8, 4) is 0 Å². The van der Waals surface area contributed by atoms with Crippen molar-refractivity contribution in [2.24, 2.45) is 11.8 Å². The second kappa shape index (κ2) is 8.99. The fraction of sp³-hybridized carbons (Fsp3) is 0.346. The Kier molecular flexibility index (Phi) is 5.75. The largest absolute Gasteiger partial charge is 0.357 e. The number of fused-ring (bicyclic) bond motifs is 3. The van der Waals surface area contributed by atoms with Gasteiger partial charge < -0.3 is 15.2 Å². The maximum absolute atomic E-state index is 13.5. The number of hydrogen-bond donors (Lipinski definition) is 2. The third-order valence-electron chi connectivity index (χ3n) is 6.69. The van der Waals surface area contributed by atoms with E-state index in [1.807, 2.05) is 41.3 Å². The molecule has 2 atom stereocenters. The van der Waals surface area contributed by atoms with E-state index in [0.717, 1.165) is 23.3 Å². The molecule has 1 aliphatic heterocycles. The van der Waals surface area contributed by atoms with Crippen LogP contribution in [0.25, 0.3) is 10.9 Å². The number of carbonyl (C=O) groups excluding carboxylic acids is 2. The van der Waals surface area contributed by atoms with Crippen molar-refractivity contribution < 1.29 is 9.59 Å². The molecule has 2 unspecified atom stereocenters. The normalized spacial score (nSPS) is 20.2. The highest BCUT2D eigenvalue weighted by Crippen LogP contribution is 2.32. The van der Waals surface area contributed by atoms with E-state index >= 15 is 0 Å². The van der Waals surface area contributed by atoms with Crippen LogP contribution >= 0.6 is 0 Å². The molecule has 3 aromatic rings. The zero-order valence-electron chi connectivity index (χ0n) is 18.1. The van der Waals surface area contributed by atoms with Crippen molar-refractivity contribution in [1.82, 2.24) is 20.2 Å². The van der Waals surface area contributed by atoms with E-state index in [-0.39, 0.29) is 23.7 Å². The summed E-state index contributed by atoms with van der Waals surface area (Å²) in [6, 6.07) is 14.1. The topological polar surface area (TPSA) is 78.1 Å². The number of aromatic nitrogens is 2. The van der Waals surface area contributed by atoms with Crippen LogP contribution in [0.3, 0.4) is 0 Å². The number of benzene rings is 1. The van der Waals surface area contributed by atoms with Crippen molar-refractivity contribution in [3.05, 3.63) is 77.8 Å². The fourth-order valence-electron chi connectivity index (χ4n) is 4.98. The van der Waals surface area contributed by atoms with E-state index in [1.54, 1.807) is 6.20 Å². The molecule has 164 valence electrons. The van der Waals surface area contributed by atoms with Gasteiger partial charge in [-0.05, 0) is 43.0 Å². The maximum atomic E-state index is 13.5. The standard InChI is InChI=1S/C26H28N4O2/c31-25(28-15-12-18-7-5-6-14-27-18)21-9-1-2-10-22(21)26(32)30-16-13-20-19-8-3-4-11-23(19)29-24(20)17-30/h1-8,11,14,21-22,29H,9-10,12-13,15-17H2,(H,28,31). The van der Waals surface area contributed by atoms with E-state index in [1.165, 1.54) is 10.9 Å². The molecular weight excluding hydrogens is 400 g/mol. The second-order valence-corrected chi connectivity index (χ2v) is 8.66. The van der Waals surface area contributed by atoms with Gasteiger partial charge in [0.05, 0.1) is 18.4 Å². The van der Waals surface area contributed by atoms with Crippen LogP contribution in [0, 0.1) is 11.8 Å². The van der Waals surface area contributed by atoms with Crippen molar-refractivity contribution in [2.75, 3.05) is 13.1 Å². The van der Waals surface area contributed by atoms with E-state index in [0.29, 0.717) is 38.9 Å². The zero-order chi connectivity index (χ0) is 21.9.